The molecule has 1 rings (SSSR count). The number of aromatic nitrogens is 1. The third-order valence-electron chi connectivity index (χ3n) is 4.02. The Balaban J connectivity index is 2.63. The molecule has 1 heterocycles. The van der Waals surface area contributed by atoms with Crippen LogP contribution in [0.25, 0.3) is 0 Å². The van der Waals surface area contributed by atoms with Crippen LogP contribution in [0.15, 0.2) is 23.3 Å². The smallest absolute Gasteiger partial charge is 0.191 e. The lowest BCUT2D eigenvalue weighted by Gasteiger charge is -2.30. The highest BCUT2D eigenvalue weighted by Gasteiger charge is 2.12. The number of guanidine groups is 1. The largest absolute Gasteiger partial charge is 0.363 e. The molecule has 25 heavy (non-hydrogen) atoms. The number of hydrogen-bond donors (Lipinski definition) is 2. The van der Waals surface area contributed by atoms with Gasteiger partial charge in [0.05, 0.1) is 6.54 Å². The lowest BCUT2D eigenvalue weighted by molar-refractivity contribution is 0.178. The third kappa shape index (κ3) is 7.73. The summed E-state index contributed by atoms with van der Waals surface area (Å²) in [5.74, 6) is 1.81. The first-order valence-electron chi connectivity index (χ1n) is 9.25. The van der Waals surface area contributed by atoms with Gasteiger partial charge in [0.2, 0.25) is 0 Å². The second-order valence-corrected chi connectivity index (χ2v) is 6.96. The van der Waals surface area contributed by atoms with E-state index in [0.717, 1.165) is 37.0 Å². The van der Waals surface area contributed by atoms with Gasteiger partial charge < -0.3 is 15.5 Å². The average molecular weight is 349 g/mol. The van der Waals surface area contributed by atoms with Crippen LogP contribution < -0.4 is 15.5 Å². The molecular formula is C19H36N6. The van der Waals surface area contributed by atoms with E-state index in [-0.39, 0.29) is 0 Å². The molecule has 0 fully saturated rings. The summed E-state index contributed by atoms with van der Waals surface area (Å²) in [6.07, 6.45) is 1.84. The van der Waals surface area contributed by atoms with Crippen LogP contribution in [0, 0.1) is 0 Å². The van der Waals surface area contributed by atoms with Crippen molar-refractivity contribution in [1.29, 1.82) is 0 Å². The topological polar surface area (TPSA) is 55.8 Å². The Morgan fingerprint density at radius 1 is 1.16 bits per heavy atom. The fraction of sp³-hybridized carbons (Fsp3) is 0.684. The van der Waals surface area contributed by atoms with E-state index in [1.165, 1.54) is 0 Å². The first-order valence-corrected chi connectivity index (χ1v) is 9.25. The summed E-state index contributed by atoms with van der Waals surface area (Å²) in [7, 11) is 3.99. The molecule has 0 saturated carbocycles. The standard InChI is InChI=1S/C19H36N6/c1-8-20-19(22-11-12-25(15(2)3)16(4)5)23-14-17-9-10-21-18(13-17)24(6)7/h9-10,13,15-16H,8,11-12,14H2,1-7H3,(H2,20,22,23). The van der Waals surface area contributed by atoms with Crippen molar-refractivity contribution in [3.63, 3.8) is 0 Å². The van der Waals surface area contributed by atoms with Crippen molar-refractivity contribution in [2.24, 2.45) is 4.99 Å². The molecule has 0 amide bonds. The van der Waals surface area contributed by atoms with Crippen molar-refractivity contribution in [3.8, 4) is 0 Å². The van der Waals surface area contributed by atoms with Crippen LogP contribution in [0.5, 0.6) is 0 Å². The van der Waals surface area contributed by atoms with Gasteiger partial charge in [0.1, 0.15) is 5.82 Å². The molecule has 0 saturated heterocycles. The fourth-order valence-corrected chi connectivity index (χ4v) is 2.73. The molecule has 142 valence electrons. The summed E-state index contributed by atoms with van der Waals surface area (Å²) >= 11 is 0. The molecule has 0 aromatic carbocycles. The molecule has 0 radical (unpaired) electrons. The Kier molecular flexibility index (Phi) is 9.27. The Morgan fingerprint density at radius 2 is 1.84 bits per heavy atom. The lowest BCUT2D eigenvalue weighted by Crippen LogP contribution is -2.45. The van der Waals surface area contributed by atoms with Gasteiger partial charge in [-0.05, 0) is 52.3 Å². The zero-order chi connectivity index (χ0) is 18.8. The Labute approximate surface area is 153 Å². The Morgan fingerprint density at radius 3 is 2.40 bits per heavy atom. The second kappa shape index (κ2) is 10.9. The summed E-state index contributed by atoms with van der Waals surface area (Å²) in [6.45, 7) is 14.4. The minimum absolute atomic E-state index is 0.544. The summed E-state index contributed by atoms with van der Waals surface area (Å²) in [5, 5.41) is 6.76. The number of aliphatic imine (C=N–C) groups is 1. The third-order valence-corrected chi connectivity index (χ3v) is 4.02. The maximum Gasteiger partial charge on any atom is 0.191 e. The van der Waals surface area contributed by atoms with E-state index in [2.05, 4.69) is 61.2 Å². The van der Waals surface area contributed by atoms with Crippen molar-refractivity contribution in [1.82, 2.24) is 20.5 Å². The van der Waals surface area contributed by atoms with Crippen molar-refractivity contribution in [3.05, 3.63) is 23.9 Å². The molecule has 6 nitrogen and oxygen atoms in total. The molecule has 0 aliphatic heterocycles. The highest BCUT2D eigenvalue weighted by molar-refractivity contribution is 5.79. The first-order chi connectivity index (χ1) is 11.8. The molecule has 1 aromatic heterocycles. The van der Waals surface area contributed by atoms with Crippen LogP contribution in [-0.2, 0) is 6.54 Å². The predicted molar refractivity (Wildman–Crippen MR) is 108 cm³/mol. The number of anilines is 1. The molecule has 0 bridgehead atoms. The SMILES string of the molecule is CCNC(=NCc1ccnc(N(C)C)c1)NCCN(C(C)C)C(C)C. The van der Waals surface area contributed by atoms with Gasteiger partial charge in [-0.1, -0.05) is 0 Å². The molecule has 0 aliphatic carbocycles. The van der Waals surface area contributed by atoms with Crippen LogP contribution in [0.2, 0.25) is 0 Å². The predicted octanol–water partition coefficient (Wildman–Crippen LogP) is 2.32. The molecular weight excluding hydrogens is 312 g/mol. The zero-order valence-corrected chi connectivity index (χ0v) is 17.0. The molecule has 6 heteroatoms. The molecule has 1 aromatic rings. The van der Waals surface area contributed by atoms with Crippen molar-refractivity contribution in [2.45, 2.75) is 53.2 Å². The summed E-state index contributed by atoms with van der Waals surface area (Å²) in [4.78, 5) is 13.5. The highest BCUT2D eigenvalue weighted by Crippen LogP contribution is 2.10. The van der Waals surface area contributed by atoms with Crippen LogP contribution in [0.1, 0.15) is 40.2 Å². The van der Waals surface area contributed by atoms with Gasteiger partial charge >= 0.3 is 0 Å². The number of hydrogen-bond acceptors (Lipinski definition) is 4. The maximum absolute atomic E-state index is 4.70. The Hall–Kier alpha value is -1.82. The number of nitrogens with one attached hydrogen (secondary N) is 2. The van der Waals surface area contributed by atoms with Gasteiger partial charge in [-0.15, -0.1) is 0 Å². The van der Waals surface area contributed by atoms with E-state index in [4.69, 9.17) is 4.99 Å². The van der Waals surface area contributed by atoms with Gasteiger partial charge in [0.15, 0.2) is 5.96 Å². The van der Waals surface area contributed by atoms with E-state index in [1.54, 1.807) is 0 Å². The zero-order valence-electron chi connectivity index (χ0n) is 17.0. The quantitative estimate of drug-likeness (QED) is 0.530. The summed E-state index contributed by atoms with van der Waals surface area (Å²) in [6, 6.07) is 5.18. The van der Waals surface area contributed by atoms with Gasteiger partial charge in [-0.3, -0.25) is 4.90 Å². The van der Waals surface area contributed by atoms with Crippen molar-refractivity contribution < 1.29 is 0 Å². The maximum atomic E-state index is 4.70. The number of rotatable bonds is 9. The Bertz CT molecular complexity index is 516. The van der Waals surface area contributed by atoms with Crippen LogP contribution >= 0.6 is 0 Å². The van der Waals surface area contributed by atoms with E-state index < -0.39 is 0 Å². The molecule has 0 aliphatic rings. The van der Waals surface area contributed by atoms with Crippen LogP contribution in [0.4, 0.5) is 5.82 Å². The minimum Gasteiger partial charge on any atom is -0.363 e. The molecule has 0 unspecified atom stereocenters. The average Bonchev–Trinajstić information content (AvgIpc) is 2.55. The van der Waals surface area contributed by atoms with Crippen LogP contribution in [-0.4, -0.2) is 61.7 Å². The van der Waals surface area contributed by atoms with E-state index in [9.17, 15) is 0 Å². The van der Waals surface area contributed by atoms with Crippen LogP contribution in [0.3, 0.4) is 0 Å². The van der Waals surface area contributed by atoms with Crippen molar-refractivity contribution >= 4 is 11.8 Å². The normalized spacial score (nSPS) is 12.2. The second-order valence-electron chi connectivity index (χ2n) is 6.96. The minimum atomic E-state index is 0.544. The molecule has 0 atom stereocenters. The molecule has 2 N–H and O–H groups in total. The fourth-order valence-electron chi connectivity index (χ4n) is 2.73. The number of nitrogens with zero attached hydrogens (tertiary/aromatic N) is 4. The van der Waals surface area contributed by atoms with Crippen molar-refractivity contribution in [2.75, 3.05) is 38.6 Å². The number of pyridine rings is 1. The highest BCUT2D eigenvalue weighted by atomic mass is 15.2. The summed E-state index contributed by atoms with van der Waals surface area (Å²) < 4.78 is 0. The van der Waals surface area contributed by atoms with Gasteiger partial charge in [0.25, 0.3) is 0 Å². The monoisotopic (exact) mass is 348 g/mol. The summed E-state index contributed by atoms with van der Waals surface area (Å²) in [5.41, 5.74) is 1.15. The lowest BCUT2D eigenvalue weighted by atomic mass is 10.2. The molecule has 0 spiro atoms. The van der Waals surface area contributed by atoms with Gasteiger partial charge in [-0.25, -0.2) is 9.98 Å². The van der Waals surface area contributed by atoms with E-state index in [0.29, 0.717) is 18.6 Å². The van der Waals surface area contributed by atoms with Gasteiger partial charge in [-0.2, -0.15) is 0 Å². The first kappa shape index (κ1) is 21.2. The van der Waals surface area contributed by atoms with E-state index in [1.807, 2.05) is 31.3 Å². The van der Waals surface area contributed by atoms with Gasteiger partial charge in [0, 0.05) is 52.0 Å². The van der Waals surface area contributed by atoms with E-state index >= 15 is 0 Å².